The van der Waals surface area contributed by atoms with Crippen LogP contribution in [0.4, 0.5) is 0 Å². The highest BCUT2D eigenvalue weighted by Crippen LogP contribution is 2.27. The number of hydrogen-bond acceptors (Lipinski definition) is 1. The van der Waals surface area contributed by atoms with Gasteiger partial charge < -0.3 is 0 Å². The standard InChI is InChI=1S/C18H38S/c1-6-10-18(19)14-9-12-16(5)17(7-2)13-8-11-15(3)4/h15-19H,6-14H2,1-5H3. The van der Waals surface area contributed by atoms with Crippen LogP contribution >= 0.6 is 12.6 Å². The average Bonchev–Trinajstić information content (AvgIpc) is 2.34. The third-order valence-electron chi connectivity index (χ3n) is 4.50. The Morgan fingerprint density at radius 1 is 0.789 bits per heavy atom. The maximum Gasteiger partial charge on any atom is 0.00167 e. The highest BCUT2D eigenvalue weighted by Gasteiger charge is 2.15. The molecule has 0 spiro atoms. The second kappa shape index (κ2) is 12.1. The molecule has 0 bridgehead atoms. The molecule has 0 rings (SSSR count). The van der Waals surface area contributed by atoms with Gasteiger partial charge >= 0.3 is 0 Å². The van der Waals surface area contributed by atoms with Crippen LogP contribution in [0.2, 0.25) is 0 Å². The summed E-state index contributed by atoms with van der Waals surface area (Å²) in [4.78, 5) is 0. The summed E-state index contributed by atoms with van der Waals surface area (Å²) in [5.41, 5.74) is 0. The molecule has 3 unspecified atom stereocenters. The van der Waals surface area contributed by atoms with E-state index in [1.807, 2.05) is 0 Å². The molecule has 0 saturated heterocycles. The van der Waals surface area contributed by atoms with Gasteiger partial charge in [-0.15, -0.1) is 0 Å². The van der Waals surface area contributed by atoms with Gasteiger partial charge in [-0.05, 0) is 30.6 Å². The monoisotopic (exact) mass is 286 g/mol. The summed E-state index contributed by atoms with van der Waals surface area (Å²) >= 11 is 4.67. The number of rotatable bonds is 12. The molecule has 0 fully saturated rings. The zero-order valence-electron chi connectivity index (χ0n) is 14.1. The van der Waals surface area contributed by atoms with Gasteiger partial charge in [-0.25, -0.2) is 0 Å². The first-order valence-electron chi connectivity index (χ1n) is 8.69. The summed E-state index contributed by atoms with van der Waals surface area (Å²) in [6, 6.07) is 0. The van der Waals surface area contributed by atoms with Crippen LogP contribution in [0.3, 0.4) is 0 Å². The highest BCUT2D eigenvalue weighted by atomic mass is 32.1. The van der Waals surface area contributed by atoms with Crippen molar-refractivity contribution in [3.05, 3.63) is 0 Å². The molecule has 1 heteroatoms. The van der Waals surface area contributed by atoms with Crippen LogP contribution in [0.15, 0.2) is 0 Å². The topological polar surface area (TPSA) is 0 Å². The lowest BCUT2D eigenvalue weighted by Gasteiger charge is -2.23. The Hall–Kier alpha value is 0.350. The molecule has 0 aliphatic heterocycles. The van der Waals surface area contributed by atoms with Gasteiger partial charge in [-0.2, -0.15) is 12.6 Å². The zero-order chi connectivity index (χ0) is 14.7. The summed E-state index contributed by atoms with van der Waals surface area (Å²) in [5, 5.41) is 0.637. The van der Waals surface area contributed by atoms with E-state index < -0.39 is 0 Å². The van der Waals surface area contributed by atoms with Crippen molar-refractivity contribution in [2.24, 2.45) is 17.8 Å². The van der Waals surface area contributed by atoms with Crippen molar-refractivity contribution < 1.29 is 0 Å². The quantitative estimate of drug-likeness (QED) is 0.377. The van der Waals surface area contributed by atoms with Crippen molar-refractivity contribution in [1.29, 1.82) is 0 Å². The Morgan fingerprint density at radius 2 is 1.42 bits per heavy atom. The molecule has 0 N–H and O–H groups in total. The smallest absolute Gasteiger partial charge is 0.00167 e. The van der Waals surface area contributed by atoms with E-state index in [1.54, 1.807) is 0 Å². The van der Waals surface area contributed by atoms with Crippen LogP contribution in [0.5, 0.6) is 0 Å². The van der Waals surface area contributed by atoms with E-state index in [0.29, 0.717) is 5.25 Å². The van der Waals surface area contributed by atoms with E-state index in [1.165, 1.54) is 57.8 Å². The number of thiol groups is 1. The van der Waals surface area contributed by atoms with E-state index in [4.69, 9.17) is 0 Å². The van der Waals surface area contributed by atoms with Gasteiger partial charge in [0.25, 0.3) is 0 Å². The molecule has 0 aliphatic carbocycles. The van der Waals surface area contributed by atoms with Gasteiger partial charge in [0.2, 0.25) is 0 Å². The predicted octanol–water partition coefficient (Wildman–Crippen LogP) is 6.74. The third-order valence-corrected chi connectivity index (χ3v) is 5.02. The lowest BCUT2D eigenvalue weighted by molar-refractivity contribution is 0.288. The van der Waals surface area contributed by atoms with E-state index in [9.17, 15) is 0 Å². The van der Waals surface area contributed by atoms with Crippen molar-refractivity contribution in [3.8, 4) is 0 Å². The Labute approximate surface area is 128 Å². The first-order chi connectivity index (χ1) is 9.01. The molecule has 0 aromatic carbocycles. The molecule has 0 saturated carbocycles. The van der Waals surface area contributed by atoms with Crippen molar-refractivity contribution in [1.82, 2.24) is 0 Å². The van der Waals surface area contributed by atoms with Crippen LogP contribution in [0.1, 0.15) is 92.4 Å². The van der Waals surface area contributed by atoms with E-state index >= 15 is 0 Å². The normalized spacial score (nSPS) is 16.6. The summed E-state index contributed by atoms with van der Waals surface area (Å²) in [6.07, 6.45) is 12.3. The average molecular weight is 287 g/mol. The van der Waals surface area contributed by atoms with Crippen molar-refractivity contribution in [2.75, 3.05) is 0 Å². The lowest BCUT2D eigenvalue weighted by atomic mass is 9.83. The second-order valence-corrected chi connectivity index (χ2v) is 7.57. The summed E-state index contributed by atoms with van der Waals surface area (Å²) in [6.45, 7) is 11.8. The minimum Gasteiger partial charge on any atom is -0.176 e. The molecule has 0 amide bonds. The molecule has 0 aromatic heterocycles. The lowest BCUT2D eigenvalue weighted by Crippen LogP contribution is -2.12. The molecule has 19 heavy (non-hydrogen) atoms. The maximum absolute atomic E-state index is 4.67. The van der Waals surface area contributed by atoms with Gasteiger partial charge in [0.05, 0.1) is 0 Å². The van der Waals surface area contributed by atoms with Gasteiger partial charge in [-0.3, -0.25) is 0 Å². The molecule has 0 aromatic rings. The third kappa shape index (κ3) is 10.8. The predicted molar refractivity (Wildman–Crippen MR) is 93.2 cm³/mol. The molecular weight excluding hydrogens is 248 g/mol. The fraction of sp³-hybridized carbons (Fsp3) is 1.00. The molecule has 0 nitrogen and oxygen atoms in total. The Kier molecular flexibility index (Phi) is 12.3. The van der Waals surface area contributed by atoms with Crippen LogP contribution < -0.4 is 0 Å². The fourth-order valence-electron chi connectivity index (χ4n) is 3.07. The van der Waals surface area contributed by atoms with Crippen LogP contribution in [-0.4, -0.2) is 5.25 Å². The minimum absolute atomic E-state index is 0.637. The van der Waals surface area contributed by atoms with Gasteiger partial charge in [0.1, 0.15) is 0 Å². The Balaban J connectivity index is 3.78. The van der Waals surface area contributed by atoms with Crippen LogP contribution in [0.25, 0.3) is 0 Å². The molecular formula is C18H38S. The van der Waals surface area contributed by atoms with Crippen molar-refractivity contribution in [2.45, 2.75) is 97.7 Å². The number of hydrogen-bond donors (Lipinski definition) is 1. The van der Waals surface area contributed by atoms with Gasteiger partial charge in [0.15, 0.2) is 0 Å². The molecule has 3 atom stereocenters. The summed E-state index contributed by atoms with van der Waals surface area (Å²) in [5.74, 6) is 2.72. The zero-order valence-corrected chi connectivity index (χ0v) is 15.0. The van der Waals surface area contributed by atoms with E-state index in [0.717, 1.165) is 17.8 Å². The van der Waals surface area contributed by atoms with Crippen LogP contribution in [0, 0.1) is 17.8 Å². The molecule has 116 valence electrons. The van der Waals surface area contributed by atoms with Crippen molar-refractivity contribution in [3.63, 3.8) is 0 Å². The highest BCUT2D eigenvalue weighted by molar-refractivity contribution is 7.80. The van der Waals surface area contributed by atoms with Gasteiger partial charge in [0, 0.05) is 5.25 Å². The van der Waals surface area contributed by atoms with Crippen LogP contribution in [-0.2, 0) is 0 Å². The summed E-state index contributed by atoms with van der Waals surface area (Å²) < 4.78 is 0. The Bertz CT molecular complexity index is 188. The second-order valence-electron chi connectivity index (χ2n) is 6.84. The summed E-state index contributed by atoms with van der Waals surface area (Å²) in [7, 11) is 0. The molecule has 0 heterocycles. The molecule has 0 aliphatic rings. The van der Waals surface area contributed by atoms with Gasteiger partial charge in [-0.1, -0.05) is 79.6 Å². The largest absolute Gasteiger partial charge is 0.176 e. The molecule has 0 radical (unpaired) electrons. The van der Waals surface area contributed by atoms with E-state index in [-0.39, 0.29) is 0 Å². The maximum atomic E-state index is 4.67. The van der Waals surface area contributed by atoms with E-state index in [2.05, 4.69) is 47.2 Å². The first-order valence-corrected chi connectivity index (χ1v) is 9.20. The minimum atomic E-state index is 0.637. The van der Waals surface area contributed by atoms with Crippen molar-refractivity contribution >= 4 is 12.6 Å². The fourth-order valence-corrected chi connectivity index (χ4v) is 3.51. The first kappa shape index (κ1) is 19.4. The SMILES string of the molecule is CCCC(S)CCCC(C)C(CC)CCCC(C)C. The Morgan fingerprint density at radius 3 is 1.95 bits per heavy atom.